The number of hydrogen-bond acceptors (Lipinski definition) is 9. The van der Waals surface area contributed by atoms with Crippen LogP contribution in [0.15, 0.2) is 48.6 Å². The minimum absolute atomic E-state index is 0.295. The second kappa shape index (κ2) is 39.9. The first-order chi connectivity index (χ1) is 29.3. The number of ether oxygens (including phenoxy) is 2. The van der Waals surface area contributed by atoms with Crippen LogP contribution in [0.1, 0.15) is 200 Å². The van der Waals surface area contributed by atoms with Gasteiger partial charge in [0.15, 0.2) is 6.29 Å². The molecule has 350 valence electrons. The lowest BCUT2D eigenvalue weighted by Gasteiger charge is -2.40. The average Bonchev–Trinajstić information content (AvgIpc) is 3.25. The van der Waals surface area contributed by atoms with E-state index in [0.29, 0.717) is 19.3 Å². The molecule has 0 aliphatic carbocycles. The van der Waals surface area contributed by atoms with E-state index in [1.165, 1.54) is 122 Å². The van der Waals surface area contributed by atoms with Gasteiger partial charge in [0.1, 0.15) is 30.5 Å². The number of hydrogen-bond donors (Lipinski definition) is 7. The van der Waals surface area contributed by atoms with Crippen molar-refractivity contribution in [2.45, 2.75) is 249 Å². The second-order valence-corrected chi connectivity index (χ2v) is 17.0. The molecule has 0 radical (unpaired) electrons. The smallest absolute Gasteiger partial charge is 0.249 e. The van der Waals surface area contributed by atoms with Crippen LogP contribution in [0.3, 0.4) is 0 Å². The van der Waals surface area contributed by atoms with Crippen LogP contribution in [0.25, 0.3) is 0 Å². The van der Waals surface area contributed by atoms with Crippen molar-refractivity contribution in [2.75, 3.05) is 13.2 Å². The molecule has 0 bridgehead atoms. The molecule has 1 fully saturated rings. The zero-order valence-corrected chi connectivity index (χ0v) is 38.1. The number of unbranched alkanes of at least 4 members (excludes halogenated alkanes) is 23. The summed E-state index contributed by atoms with van der Waals surface area (Å²) in [5.41, 5.74) is 0. The number of nitrogens with one attached hydrogen (secondary N) is 1. The number of aliphatic hydroxyl groups excluding tert-OH is 6. The van der Waals surface area contributed by atoms with Gasteiger partial charge in [0, 0.05) is 0 Å². The van der Waals surface area contributed by atoms with Gasteiger partial charge in [-0.2, -0.15) is 0 Å². The Morgan fingerprint density at radius 3 is 1.55 bits per heavy atom. The SMILES string of the molecule is CCCCCCC/C=C/CC/C=C/C(O)C(COC1OC(CO)C(O)C(O)C1O)NC(=O)C(O)CCCCCCCCCC/C=C\C/C=C\CCCCCCCCCCC. The number of carbonyl (C=O) groups excluding carboxylic acids is 1. The maximum Gasteiger partial charge on any atom is 0.249 e. The first-order valence-corrected chi connectivity index (χ1v) is 24.5. The van der Waals surface area contributed by atoms with Crippen molar-refractivity contribution in [1.29, 1.82) is 0 Å². The molecule has 1 amide bonds. The number of aliphatic hydroxyl groups is 6. The molecule has 10 heteroatoms. The average molecular weight is 850 g/mol. The third-order valence-corrected chi connectivity index (χ3v) is 11.5. The van der Waals surface area contributed by atoms with E-state index in [4.69, 9.17) is 9.47 Å². The predicted molar refractivity (Wildman–Crippen MR) is 245 cm³/mol. The zero-order chi connectivity index (χ0) is 43.9. The highest BCUT2D eigenvalue weighted by Gasteiger charge is 2.44. The van der Waals surface area contributed by atoms with Crippen molar-refractivity contribution in [3.8, 4) is 0 Å². The fourth-order valence-electron chi connectivity index (χ4n) is 7.44. The van der Waals surface area contributed by atoms with Gasteiger partial charge in [-0.3, -0.25) is 4.79 Å². The van der Waals surface area contributed by atoms with Crippen LogP contribution in [0.2, 0.25) is 0 Å². The molecule has 0 aromatic carbocycles. The van der Waals surface area contributed by atoms with Gasteiger partial charge in [0.2, 0.25) is 5.91 Å². The summed E-state index contributed by atoms with van der Waals surface area (Å²) in [6.07, 6.45) is 40.7. The van der Waals surface area contributed by atoms with E-state index in [0.717, 1.165) is 44.9 Å². The fraction of sp³-hybridized carbons (Fsp3) is 0.820. The maximum atomic E-state index is 13.0. The van der Waals surface area contributed by atoms with E-state index in [1.54, 1.807) is 6.08 Å². The van der Waals surface area contributed by atoms with Gasteiger partial charge >= 0.3 is 0 Å². The highest BCUT2D eigenvalue weighted by Crippen LogP contribution is 2.22. The Morgan fingerprint density at radius 1 is 0.583 bits per heavy atom. The molecule has 8 atom stereocenters. The predicted octanol–water partition coefficient (Wildman–Crippen LogP) is 9.59. The molecule has 1 rings (SSSR count). The molecule has 1 aliphatic heterocycles. The van der Waals surface area contributed by atoms with Crippen molar-refractivity contribution in [2.24, 2.45) is 0 Å². The molecule has 60 heavy (non-hydrogen) atoms. The summed E-state index contributed by atoms with van der Waals surface area (Å²) in [6, 6.07) is -0.999. The van der Waals surface area contributed by atoms with Crippen LogP contribution in [0.5, 0.6) is 0 Å². The molecule has 8 unspecified atom stereocenters. The minimum atomic E-state index is -1.62. The molecule has 0 saturated carbocycles. The van der Waals surface area contributed by atoms with Crippen LogP contribution in [0, 0.1) is 0 Å². The van der Waals surface area contributed by atoms with Gasteiger partial charge in [-0.15, -0.1) is 0 Å². The number of rotatable bonds is 40. The molecule has 0 aromatic rings. The van der Waals surface area contributed by atoms with Crippen LogP contribution in [-0.2, 0) is 14.3 Å². The fourth-order valence-corrected chi connectivity index (χ4v) is 7.44. The number of amides is 1. The van der Waals surface area contributed by atoms with Crippen molar-refractivity contribution < 1.29 is 44.9 Å². The van der Waals surface area contributed by atoms with Gasteiger partial charge in [-0.25, -0.2) is 0 Å². The summed E-state index contributed by atoms with van der Waals surface area (Å²) < 4.78 is 11.1. The quantitative estimate of drug-likeness (QED) is 0.0235. The third kappa shape index (κ3) is 29.4. The van der Waals surface area contributed by atoms with E-state index >= 15 is 0 Å². The number of allylic oxidation sites excluding steroid dienone is 7. The Bertz CT molecular complexity index is 1100. The maximum absolute atomic E-state index is 13.0. The van der Waals surface area contributed by atoms with Crippen LogP contribution < -0.4 is 5.32 Å². The summed E-state index contributed by atoms with van der Waals surface area (Å²) in [6.45, 7) is 3.55. The van der Waals surface area contributed by atoms with Crippen LogP contribution in [-0.4, -0.2) is 98.7 Å². The van der Waals surface area contributed by atoms with Gasteiger partial charge in [-0.1, -0.05) is 184 Å². The Hall–Kier alpha value is -1.89. The molecule has 1 saturated heterocycles. The van der Waals surface area contributed by atoms with E-state index in [9.17, 15) is 35.4 Å². The van der Waals surface area contributed by atoms with Crippen molar-refractivity contribution in [1.82, 2.24) is 5.32 Å². The summed E-state index contributed by atoms with van der Waals surface area (Å²) in [7, 11) is 0. The first kappa shape index (κ1) is 56.1. The van der Waals surface area contributed by atoms with Gasteiger partial charge < -0.3 is 45.4 Å². The summed E-state index contributed by atoms with van der Waals surface area (Å²) in [5.74, 6) is -0.633. The summed E-state index contributed by atoms with van der Waals surface area (Å²) in [4.78, 5) is 13.0. The third-order valence-electron chi connectivity index (χ3n) is 11.5. The minimum Gasteiger partial charge on any atom is -0.394 e. The lowest BCUT2D eigenvalue weighted by atomic mass is 9.99. The van der Waals surface area contributed by atoms with Crippen LogP contribution >= 0.6 is 0 Å². The highest BCUT2D eigenvalue weighted by molar-refractivity contribution is 5.80. The largest absolute Gasteiger partial charge is 0.394 e. The molecule has 10 nitrogen and oxygen atoms in total. The zero-order valence-electron chi connectivity index (χ0n) is 38.1. The van der Waals surface area contributed by atoms with E-state index in [1.807, 2.05) is 6.08 Å². The normalized spacial score (nSPS) is 21.5. The molecule has 0 spiro atoms. The number of carbonyl (C=O) groups is 1. The van der Waals surface area contributed by atoms with E-state index in [-0.39, 0.29) is 6.61 Å². The topological polar surface area (TPSA) is 169 Å². The lowest BCUT2D eigenvalue weighted by molar-refractivity contribution is -0.302. The highest BCUT2D eigenvalue weighted by atomic mass is 16.7. The van der Waals surface area contributed by atoms with Gasteiger partial charge in [-0.05, 0) is 64.2 Å². The van der Waals surface area contributed by atoms with E-state index < -0.39 is 61.5 Å². The molecule has 1 aliphatic rings. The monoisotopic (exact) mass is 850 g/mol. The lowest BCUT2D eigenvalue weighted by Crippen LogP contribution is -2.60. The van der Waals surface area contributed by atoms with Crippen molar-refractivity contribution in [3.63, 3.8) is 0 Å². The molecule has 1 heterocycles. The van der Waals surface area contributed by atoms with E-state index in [2.05, 4.69) is 55.6 Å². The first-order valence-electron chi connectivity index (χ1n) is 24.5. The Labute approximate surface area is 366 Å². The second-order valence-electron chi connectivity index (χ2n) is 17.0. The Kier molecular flexibility index (Phi) is 37.3. The Morgan fingerprint density at radius 2 is 1.03 bits per heavy atom. The van der Waals surface area contributed by atoms with Crippen LogP contribution in [0.4, 0.5) is 0 Å². The summed E-state index contributed by atoms with van der Waals surface area (Å²) >= 11 is 0. The van der Waals surface area contributed by atoms with Crippen molar-refractivity contribution in [3.05, 3.63) is 48.6 Å². The molecular formula is C50H91NO9. The molecule has 7 N–H and O–H groups in total. The van der Waals surface area contributed by atoms with Crippen molar-refractivity contribution >= 4 is 5.91 Å². The van der Waals surface area contributed by atoms with Gasteiger partial charge in [0.05, 0.1) is 25.4 Å². The summed E-state index contributed by atoms with van der Waals surface area (Å²) in [5, 5.41) is 64.6. The van der Waals surface area contributed by atoms with Gasteiger partial charge in [0.25, 0.3) is 0 Å². The molecular weight excluding hydrogens is 759 g/mol. The Balaban J connectivity index is 2.32. The molecule has 0 aromatic heterocycles. The standard InChI is InChI=1S/C50H91NO9/c1-3-5-7-9-11-13-15-16-17-18-19-20-21-22-23-24-25-26-27-29-31-33-35-37-39-44(54)49(58)51-42(41-59-50-48(57)47(56)46(55)45(40-52)60-50)43(53)38-36-34-32-30-28-14-12-10-8-6-4-2/h19-20,22-23,28,30,36,38,42-48,50,52-57H,3-18,21,24-27,29,31-35,37,39-41H2,1-2H3,(H,51,58)/b20-19-,23-22-,30-28+,38-36+.